The van der Waals surface area contributed by atoms with Crippen LogP contribution in [0.5, 0.6) is 0 Å². The third-order valence-corrected chi connectivity index (χ3v) is 1.81. The highest BCUT2D eigenvalue weighted by Gasteiger charge is 2.07. The molecule has 1 aromatic heterocycles. The van der Waals surface area contributed by atoms with Crippen LogP contribution in [0.1, 0.15) is 25.2 Å². The van der Waals surface area contributed by atoms with Crippen molar-refractivity contribution in [1.82, 2.24) is 15.3 Å². The van der Waals surface area contributed by atoms with Gasteiger partial charge in [-0.05, 0) is 6.92 Å². The first-order valence-corrected chi connectivity index (χ1v) is 4.83. The summed E-state index contributed by atoms with van der Waals surface area (Å²) in [6.07, 6.45) is 1.59. The van der Waals surface area contributed by atoms with Crippen LogP contribution in [0.25, 0.3) is 0 Å². The molecular formula is C10H14N4O2. The van der Waals surface area contributed by atoms with Crippen molar-refractivity contribution in [1.29, 1.82) is 0 Å². The highest BCUT2D eigenvalue weighted by molar-refractivity contribution is 5.88. The monoisotopic (exact) mass is 222 g/mol. The van der Waals surface area contributed by atoms with E-state index >= 15 is 0 Å². The third kappa shape index (κ3) is 3.64. The summed E-state index contributed by atoms with van der Waals surface area (Å²) in [5.74, 6) is 0.653. The predicted octanol–water partition coefficient (Wildman–Crippen LogP) is 0.380. The predicted molar refractivity (Wildman–Crippen MR) is 58.6 cm³/mol. The van der Waals surface area contributed by atoms with Crippen LogP contribution < -0.4 is 10.6 Å². The second-order valence-electron chi connectivity index (χ2n) is 3.38. The first-order valence-electron chi connectivity index (χ1n) is 4.83. The van der Waals surface area contributed by atoms with Crippen LogP contribution in [0.4, 0.5) is 5.82 Å². The largest absolute Gasteiger partial charge is 0.352 e. The molecule has 2 N–H and O–H groups in total. The van der Waals surface area contributed by atoms with Gasteiger partial charge in [-0.15, -0.1) is 0 Å². The molecule has 0 saturated heterocycles. The number of carbonyl (C=O) groups excluding carboxylic acids is 2. The van der Waals surface area contributed by atoms with E-state index in [1.54, 1.807) is 13.1 Å². The number of carbonyl (C=O) groups is 2. The zero-order chi connectivity index (χ0) is 12.1. The van der Waals surface area contributed by atoms with Gasteiger partial charge in [0.05, 0.1) is 0 Å². The summed E-state index contributed by atoms with van der Waals surface area (Å²) in [7, 11) is 0. The van der Waals surface area contributed by atoms with Gasteiger partial charge in [-0.2, -0.15) is 0 Å². The number of hydrogen-bond acceptors (Lipinski definition) is 4. The Morgan fingerprint density at radius 1 is 1.31 bits per heavy atom. The lowest BCUT2D eigenvalue weighted by atomic mass is 10.3. The van der Waals surface area contributed by atoms with Gasteiger partial charge in [-0.25, -0.2) is 9.97 Å². The quantitative estimate of drug-likeness (QED) is 0.774. The average molecular weight is 222 g/mol. The molecule has 1 aromatic rings. The van der Waals surface area contributed by atoms with Gasteiger partial charge in [0.25, 0.3) is 0 Å². The summed E-state index contributed by atoms with van der Waals surface area (Å²) in [5.41, 5.74) is 0.677. The highest BCUT2D eigenvalue weighted by atomic mass is 16.2. The maximum Gasteiger partial charge on any atom is 0.222 e. The van der Waals surface area contributed by atoms with Crippen LogP contribution in [0.3, 0.4) is 0 Å². The van der Waals surface area contributed by atoms with E-state index < -0.39 is 0 Å². The first-order chi connectivity index (χ1) is 7.49. The standard InChI is InChI=1S/C10H14N4O2/c1-6-11-4-9(5-12-7(2)15)10(13-6)14-8(3)16/h4H,5H2,1-3H3,(H,12,15)(H,11,13,14,16). The normalized spacial score (nSPS) is 9.69. The minimum atomic E-state index is -0.206. The second kappa shape index (κ2) is 5.20. The Bertz CT molecular complexity index is 417. The molecule has 0 saturated carbocycles. The van der Waals surface area contributed by atoms with E-state index in [9.17, 15) is 9.59 Å². The van der Waals surface area contributed by atoms with Crippen LogP contribution in [0.2, 0.25) is 0 Å². The second-order valence-corrected chi connectivity index (χ2v) is 3.38. The van der Waals surface area contributed by atoms with Crippen LogP contribution in [0, 0.1) is 6.92 Å². The molecule has 0 radical (unpaired) electrons. The van der Waals surface area contributed by atoms with Gasteiger partial charge >= 0.3 is 0 Å². The fourth-order valence-corrected chi connectivity index (χ4v) is 1.12. The molecule has 0 aliphatic rings. The lowest BCUT2D eigenvalue weighted by Crippen LogP contribution is -2.21. The fraction of sp³-hybridized carbons (Fsp3) is 0.400. The van der Waals surface area contributed by atoms with Crippen LogP contribution in [-0.4, -0.2) is 21.8 Å². The molecule has 0 fully saturated rings. The Kier molecular flexibility index (Phi) is 3.93. The Morgan fingerprint density at radius 3 is 2.56 bits per heavy atom. The average Bonchev–Trinajstić information content (AvgIpc) is 2.15. The minimum absolute atomic E-state index is 0.144. The fourth-order valence-electron chi connectivity index (χ4n) is 1.12. The summed E-state index contributed by atoms with van der Waals surface area (Å²) < 4.78 is 0. The van der Waals surface area contributed by atoms with E-state index in [1.807, 2.05) is 0 Å². The molecule has 0 bridgehead atoms. The molecule has 16 heavy (non-hydrogen) atoms. The summed E-state index contributed by atoms with van der Waals surface area (Å²) in [5, 5.41) is 5.22. The lowest BCUT2D eigenvalue weighted by Gasteiger charge is -2.09. The molecular weight excluding hydrogens is 208 g/mol. The summed E-state index contributed by atoms with van der Waals surface area (Å²) in [6.45, 7) is 4.85. The van der Waals surface area contributed by atoms with Crippen LogP contribution >= 0.6 is 0 Å². The number of aromatic nitrogens is 2. The van der Waals surface area contributed by atoms with E-state index in [2.05, 4.69) is 20.6 Å². The molecule has 0 aromatic carbocycles. The van der Waals surface area contributed by atoms with E-state index in [1.165, 1.54) is 13.8 Å². The van der Waals surface area contributed by atoms with Crippen molar-refractivity contribution in [3.8, 4) is 0 Å². The van der Waals surface area contributed by atoms with Crippen molar-refractivity contribution < 1.29 is 9.59 Å². The minimum Gasteiger partial charge on any atom is -0.352 e. The molecule has 1 heterocycles. The number of anilines is 1. The van der Waals surface area contributed by atoms with Crippen molar-refractivity contribution in [2.75, 3.05) is 5.32 Å². The Hall–Kier alpha value is -1.98. The number of nitrogens with one attached hydrogen (secondary N) is 2. The highest BCUT2D eigenvalue weighted by Crippen LogP contribution is 2.11. The summed E-state index contributed by atoms with van der Waals surface area (Å²) in [6, 6.07) is 0. The van der Waals surface area contributed by atoms with Crippen LogP contribution in [-0.2, 0) is 16.1 Å². The van der Waals surface area contributed by atoms with Gasteiger partial charge in [0.15, 0.2) is 0 Å². The van der Waals surface area contributed by atoms with Crippen molar-refractivity contribution in [2.45, 2.75) is 27.3 Å². The topological polar surface area (TPSA) is 84.0 Å². The number of hydrogen-bond donors (Lipinski definition) is 2. The van der Waals surface area contributed by atoms with Gasteiger partial charge < -0.3 is 10.6 Å². The first kappa shape index (κ1) is 12.1. The molecule has 0 aliphatic heterocycles. The molecule has 0 unspecified atom stereocenters. The van der Waals surface area contributed by atoms with Crippen molar-refractivity contribution in [3.05, 3.63) is 17.6 Å². The third-order valence-electron chi connectivity index (χ3n) is 1.81. The summed E-state index contributed by atoms with van der Waals surface area (Å²) >= 11 is 0. The van der Waals surface area contributed by atoms with Gasteiger partial charge in [0.1, 0.15) is 11.6 Å². The molecule has 0 atom stereocenters. The molecule has 6 heteroatoms. The lowest BCUT2D eigenvalue weighted by molar-refractivity contribution is -0.119. The SMILES string of the molecule is CC(=O)NCc1cnc(C)nc1NC(C)=O. The number of rotatable bonds is 3. The molecule has 1 rings (SSSR count). The van der Waals surface area contributed by atoms with Gasteiger partial charge in [-0.1, -0.05) is 0 Å². The maximum atomic E-state index is 11.0. The van der Waals surface area contributed by atoms with Crippen LogP contribution in [0.15, 0.2) is 6.20 Å². The van der Waals surface area contributed by atoms with Gasteiger partial charge in [0.2, 0.25) is 11.8 Å². The summed E-state index contributed by atoms with van der Waals surface area (Å²) in [4.78, 5) is 29.8. The zero-order valence-electron chi connectivity index (χ0n) is 9.50. The molecule has 0 spiro atoms. The Balaban J connectivity index is 2.88. The Morgan fingerprint density at radius 2 is 2.00 bits per heavy atom. The number of amides is 2. The zero-order valence-corrected chi connectivity index (χ0v) is 9.50. The van der Waals surface area contributed by atoms with Gasteiger partial charge in [0, 0.05) is 32.2 Å². The molecule has 2 amide bonds. The molecule has 86 valence electrons. The van der Waals surface area contributed by atoms with E-state index in [0.717, 1.165) is 0 Å². The molecule has 6 nitrogen and oxygen atoms in total. The van der Waals surface area contributed by atoms with Gasteiger partial charge in [-0.3, -0.25) is 9.59 Å². The van der Waals surface area contributed by atoms with Crippen molar-refractivity contribution in [3.63, 3.8) is 0 Å². The van der Waals surface area contributed by atoms with E-state index in [-0.39, 0.29) is 11.8 Å². The number of nitrogens with zero attached hydrogens (tertiary/aromatic N) is 2. The Labute approximate surface area is 93.5 Å². The van der Waals surface area contributed by atoms with E-state index in [4.69, 9.17) is 0 Å². The maximum absolute atomic E-state index is 11.0. The molecule has 0 aliphatic carbocycles. The van der Waals surface area contributed by atoms with E-state index in [0.29, 0.717) is 23.8 Å². The van der Waals surface area contributed by atoms with Crippen molar-refractivity contribution in [2.24, 2.45) is 0 Å². The number of aryl methyl sites for hydroxylation is 1. The smallest absolute Gasteiger partial charge is 0.222 e. The van der Waals surface area contributed by atoms with Crippen molar-refractivity contribution >= 4 is 17.6 Å².